The van der Waals surface area contributed by atoms with Gasteiger partial charge in [-0.15, -0.1) is 0 Å². The first-order valence-corrected chi connectivity index (χ1v) is 11.2. The fraction of sp³-hybridized carbons (Fsp3) is 0.259. The molecule has 1 aromatic heterocycles. The Hall–Kier alpha value is -3.44. The zero-order valence-electron chi connectivity index (χ0n) is 18.1. The summed E-state index contributed by atoms with van der Waals surface area (Å²) in [5.41, 5.74) is 3.63. The van der Waals surface area contributed by atoms with Gasteiger partial charge >= 0.3 is 0 Å². The number of hydrogen-bond acceptors (Lipinski definition) is 4. The van der Waals surface area contributed by atoms with Crippen LogP contribution in [-0.2, 0) is 13.0 Å². The molecule has 1 aliphatic heterocycles. The maximum atomic E-state index is 6.01. The number of benzene rings is 3. The minimum Gasteiger partial charge on any atom is -0.489 e. The van der Waals surface area contributed by atoms with E-state index in [4.69, 9.17) is 14.2 Å². The predicted octanol–water partition coefficient (Wildman–Crippen LogP) is 5.11. The lowest BCUT2D eigenvalue weighted by Crippen LogP contribution is -2.38. The molecule has 0 aliphatic carbocycles. The van der Waals surface area contributed by atoms with Crippen LogP contribution in [0.4, 0.5) is 0 Å². The maximum Gasteiger partial charge on any atom is 0.161 e. The quantitative estimate of drug-likeness (QED) is 0.364. The zero-order valence-corrected chi connectivity index (χ0v) is 18.1. The Labute approximate surface area is 188 Å². The fourth-order valence-corrected chi connectivity index (χ4v) is 4.03. The summed E-state index contributed by atoms with van der Waals surface area (Å²) in [4.78, 5) is 3.38. The normalized spacial score (nSPS) is 15.1. The van der Waals surface area contributed by atoms with E-state index in [-0.39, 0.29) is 6.10 Å². The van der Waals surface area contributed by atoms with Crippen molar-refractivity contribution in [2.75, 3.05) is 19.7 Å². The third-order valence-corrected chi connectivity index (χ3v) is 5.73. The van der Waals surface area contributed by atoms with Gasteiger partial charge in [-0.1, -0.05) is 42.5 Å². The minimum absolute atomic E-state index is 0.0438. The van der Waals surface area contributed by atoms with Gasteiger partial charge in [0.05, 0.1) is 0 Å². The van der Waals surface area contributed by atoms with Crippen molar-refractivity contribution < 1.29 is 14.2 Å². The van der Waals surface area contributed by atoms with E-state index < -0.39 is 0 Å². The van der Waals surface area contributed by atoms with Crippen LogP contribution in [0.5, 0.6) is 17.2 Å². The molecule has 5 heteroatoms. The summed E-state index contributed by atoms with van der Waals surface area (Å²) in [6, 6.07) is 24.3. The smallest absolute Gasteiger partial charge is 0.161 e. The van der Waals surface area contributed by atoms with Crippen LogP contribution in [0.2, 0.25) is 0 Å². The standard InChI is InChI=1S/C27H28N2O3/c1-2-7-20(8-3-1)18-30-22-12-13-25-24(15-22)21(16-29-25)9-6-14-28-17-23-19-31-26-10-4-5-11-27(26)32-23/h1-5,7-8,10-13,15-16,23,28-29H,6,9,14,17-19H2. The molecule has 5 nitrogen and oxygen atoms in total. The molecule has 4 aromatic rings. The number of aryl methyl sites for hydroxylation is 1. The lowest BCUT2D eigenvalue weighted by molar-refractivity contribution is 0.0905. The number of hydrogen-bond donors (Lipinski definition) is 2. The molecule has 164 valence electrons. The number of rotatable bonds is 9. The van der Waals surface area contributed by atoms with Gasteiger partial charge in [0.2, 0.25) is 0 Å². The van der Waals surface area contributed by atoms with Crippen molar-refractivity contribution in [3.05, 3.63) is 90.1 Å². The van der Waals surface area contributed by atoms with E-state index >= 15 is 0 Å². The van der Waals surface area contributed by atoms with Gasteiger partial charge in [-0.2, -0.15) is 0 Å². The van der Waals surface area contributed by atoms with Crippen molar-refractivity contribution in [3.8, 4) is 17.2 Å². The molecule has 2 N–H and O–H groups in total. The summed E-state index contributed by atoms with van der Waals surface area (Å²) < 4.78 is 17.8. The summed E-state index contributed by atoms with van der Waals surface area (Å²) >= 11 is 0. The second-order valence-electron chi connectivity index (χ2n) is 8.10. The van der Waals surface area contributed by atoms with Crippen molar-refractivity contribution in [2.45, 2.75) is 25.6 Å². The molecule has 32 heavy (non-hydrogen) atoms. The van der Waals surface area contributed by atoms with E-state index in [1.54, 1.807) is 0 Å². The minimum atomic E-state index is 0.0438. The topological polar surface area (TPSA) is 55.5 Å². The number of ether oxygens (including phenoxy) is 3. The van der Waals surface area contributed by atoms with Crippen molar-refractivity contribution in [3.63, 3.8) is 0 Å². The Morgan fingerprint density at radius 3 is 2.72 bits per heavy atom. The fourth-order valence-electron chi connectivity index (χ4n) is 4.03. The Morgan fingerprint density at radius 1 is 0.969 bits per heavy atom. The highest BCUT2D eigenvalue weighted by molar-refractivity contribution is 5.84. The molecule has 1 atom stereocenters. The highest BCUT2D eigenvalue weighted by Crippen LogP contribution is 2.30. The van der Waals surface area contributed by atoms with E-state index in [9.17, 15) is 0 Å². The van der Waals surface area contributed by atoms with Crippen molar-refractivity contribution >= 4 is 10.9 Å². The van der Waals surface area contributed by atoms with Crippen LogP contribution in [0.3, 0.4) is 0 Å². The largest absolute Gasteiger partial charge is 0.489 e. The molecule has 0 fully saturated rings. The van der Waals surface area contributed by atoms with Crippen LogP contribution in [0.15, 0.2) is 79.0 Å². The lowest BCUT2D eigenvalue weighted by atomic mass is 10.1. The molecular formula is C27H28N2O3. The lowest BCUT2D eigenvalue weighted by Gasteiger charge is -2.26. The number of nitrogens with one attached hydrogen (secondary N) is 2. The van der Waals surface area contributed by atoms with Gasteiger partial charge in [0, 0.05) is 23.6 Å². The second kappa shape index (κ2) is 9.79. The Bertz CT molecular complexity index is 1160. The maximum absolute atomic E-state index is 6.01. The third kappa shape index (κ3) is 4.89. The predicted molar refractivity (Wildman–Crippen MR) is 127 cm³/mol. The third-order valence-electron chi connectivity index (χ3n) is 5.73. The number of fused-ring (bicyclic) bond motifs is 2. The first-order chi connectivity index (χ1) is 15.8. The highest BCUT2D eigenvalue weighted by Gasteiger charge is 2.19. The average Bonchev–Trinajstić information content (AvgIpc) is 3.25. The van der Waals surface area contributed by atoms with Gasteiger partial charge in [-0.25, -0.2) is 0 Å². The summed E-state index contributed by atoms with van der Waals surface area (Å²) in [5.74, 6) is 2.56. The van der Waals surface area contributed by atoms with Crippen LogP contribution in [-0.4, -0.2) is 30.8 Å². The van der Waals surface area contributed by atoms with Crippen molar-refractivity contribution in [2.24, 2.45) is 0 Å². The molecule has 2 heterocycles. The molecule has 1 unspecified atom stereocenters. The molecule has 3 aromatic carbocycles. The number of para-hydroxylation sites is 2. The van der Waals surface area contributed by atoms with Crippen LogP contribution in [0.25, 0.3) is 10.9 Å². The summed E-state index contributed by atoms with van der Waals surface area (Å²) in [6.45, 7) is 2.86. The van der Waals surface area contributed by atoms with Gasteiger partial charge in [0.25, 0.3) is 0 Å². The van der Waals surface area contributed by atoms with E-state index in [2.05, 4.69) is 40.8 Å². The van der Waals surface area contributed by atoms with Gasteiger partial charge in [0.1, 0.15) is 25.1 Å². The monoisotopic (exact) mass is 428 g/mol. The highest BCUT2D eigenvalue weighted by atomic mass is 16.6. The van der Waals surface area contributed by atoms with Gasteiger partial charge in [-0.05, 0) is 60.8 Å². The van der Waals surface area contributed by atoms with Crippen molar-refractivity contribution in [1.29, 1.82) is 0 Å². The van der Waals surface area contributed by atoms with Crippen LogP contribution >= 0.6 is 0 Å². The molecule has 0 amide bonds. The molecule has 1 aliphatic rings. The molecule has 0 saturated carbocycles. The van der Waals surface area contributed by atoms with Crippen LogP contribution in [0, 0.1) is 0 Å². The van der Waals surface area contributed by atoms with Crippen molar-refractivity contribution in [1.82, 2.24) is 10.3 Å². The number of aromatic nitrogens is 1. The first-order valence-electron chi connectivity index (χ1n) is 11.2. The van der Waals surface area contributed by atoms with E-state index in [0.717, 1.165) is 48.7 Å². The zero-order chi connectivity index (χ0) is 21.6. The van der Waals surface area contributed by atoms with Gasteiger partial charge in [0.15, 0.2) is 11.5 Å². The number of aromatic amines is 1. The molecule has 0 saturated heterocycles. The SMILES string of the molecule is c1ccc(COc2ccc3[nH]cc(CCCNCC4COc5ccccc5O4)c3c2)cc1. The van der Waals surface area contributed by atoms with E-state index in [1.807, 2.05) is 48.5 Å². The molecule has 0 bridgehead atoms. The average molecular weight is 429 g/mol. The Kier molecular flexibility index (Phi) is 6.26. The van der Waals surface area contributed by atoms with Gasteiger partial charge in [-0.3, -0.25) is 0 Å². The van der Waals surface area contributed by atoms with E-state index in [0.29, 0.717) is 13.2 Å². The molecule has 0 radical (unpaired) electrons. The number of H-pyrrole nitrogens is 1. The summed E-state index contributed by atoms with van der Waals surface area (Å²) in [5, 5.41) is 4.74. The van der Waals surface area contributed by atoms with Crippen LogP contribution in [0.1, 0.15) is 17.5 Å². The summed E-state index contributed by atoms with van der Waals surface area (Å²) in [6.07, 6.45) is 4.20. The first kappa shape index (κ1) is 20.5. The second-order valence-corrected chi connectivity index (χ2v) is 8.10. The Balaban J connectivity index is 1.10. The van der Waals surface area contributed by atoms with E-state index in [1.165, 1.54) is 16.5 Å². The molecule has 5 rings (SSSR count). The molecular weight excluding hydrogens is 400 g/mol. The Morgan fingerprint density at radius 2 is 1.81 bits per heavy atom. The summed E-state index contributed by atoms with van der Waals surface area (Å²) in [7, 11) is 0. The molecule has 0 spiro atoms. The van der Waals surface area contributed by atoms with Crippen LogP contribution < -0.4 is 19.5 Å². The van der Waals surface area contributed by atoms with Gasteiger partial charge < -0.3 is 24.5 Å².